The summed E-state index contributed by atoms with van der Waals surface area (Å²) in [6.45, 7) is 4.30. The molecule has 20 heavy (non-hydrogen) atoms. The maximum absolute atomic E-state index is 10.6. The van der Waals surface area contributed by atoms with Gasteiger partial charge in [-0.1, -0.05) is 44.2 Å². The van der Waals surface area contributed by atoms with E-state index in [0.29, 0.717) is 5.92 Å². The first kappa shape index (κ1) is 14.1. The molecule has 1 atom stereocenters. The van der Waals surface area contributed by atoms with Gasteiger partial charge < -0.3 is 5.32 Å². The zero-order valence-corrected chi connectivity index (χ0v) is 11.6. The van der Waals surface area contributed by atoms with Gasteiger partial charge in [0.25, 0.3) is 5.69 Å². The predicted molar refractivity (Wildman–Crippen MR) is 80.7 cm³/mol. The molecule has 0 aliphatic rings. The Hall–Kier alpha value is -2.36. The normalized spacial score (nSPS) is 12.2. The van der Waals surface area contributed by atoms with Crippen LogP contribution in [0.1, 0.15) is 25.5 Å². The van der Waals surface area contributed by atoms with Crippen LogP contribution in [0.2, 0.25) is 0 Å². The van der Waals surface area contributed by atoms with Gasteiger partial charge in [0.15, 0.2) is 0 Å². The van der Waals surface area contributed by atoms with E-state index in [1.54, 1.807) is 12.1 Å². The van der Waals surface area contributed by atoms with Gasteiger partial charge in [0.1, 0.15) is 0 Å². The highest BCUT2D eigenvalue weighted by atomic mass is 16.6. The van der Waals surface area contributed by atoms with Crippen LogP contribution in [0.4, 0.5) is 11.4 Å². The Kier molecular flexibility index (Phi) is 4.35. The molecule has 0 bridgehead atoms. The Morgan fingerprint density at radius 2 is 1.60 bits per heavy atom. The molecule has 2 rings (SSSR count). The average molecular weight is 270 g/mol. The quantitative estimate of drug-likeness (QED) is 0.647. The molecule has 0 fully saturated rings. The lowest BCUT2D eigenvalue weighted by Gasteiger charge is -2.24. The van der Waals surface area contributed by atoms with Gasteiger partial charge in [-0.2, -0.15) is 0 Å². The van der Waals surface area contributed by atoms with Gasteiger partial charge in [0.2, 0.25) is 0 Å². The van der Waals surface area contributed by atoms with E-state index in [1.165, 1.54) is 17.7 Å². The molecule has 4 nitrogen and oxygen atoms in total. The van der Waals surface area contributed by atoms with Crippen molar-refractivity contribution in [2.24, 2.45) is 5.92 Å². The zero-order valence-electron chi connectivity index (χ0n) is 11.6. The van der Waals surface area contributed by atoms with Crippen LogP contribution >= 0.6 is 0 Å². The Labute approximate surface area is 118 Å². The third-order valence-electron chi connectivity index (χ3n) is 3.23. The summed E-state index contributed by atoms with van der Waals surface area (Å²) in [7, 11) is 0. The van der Waals surface area contributed by atoms with Gasteiger partial charge >= 0.3 is 0 Å². The number of anilines is 1. The summed E-state index contributed by atoms with van der Waals surface area (Å²) in [5.41, 5.74) is 2.20. The topological polar surface area (TPSA) is 55.2 Å². The van der Waals surface area contributed by atoms with Crippen LogP contribution in [0.5, 0.6) is 0 Å². The lowest BCUT2D eigenvalue weighted by molar-refractivity contribution is -0.384. The summed E-state index contributed by atoms with van der Waals surface area (Å²) in [4.78, 5) is 10.3. The standard InChI is InChI=1S/C16H18N2O2/c1-12(2)16(13-6-4-3-5-7-13)17-14-8-10-15(11-9-14)18(19)20/h3-12,16-17H,1-2H3. The lowest BCUT2D eigenvalue weighted by Crippen LogP contribution is -2.16. The molecule has 0 aliphatic carbocycles. The smallest absolute Gasteiger partial charge is 0.269 e. The zero-order chi connectivity index (χ0) is 14.5. The Morgan fingerprint density at radius 1 is 1.00 bits per heavy atom. The highest BCUT2D eigenvalue weighted by Gasteiger charge is 2.15. The molecule has 1 unspecified atom stereocenters. The number of rotatable bonds is 5. The van der Waals surface area contributed by atoms with Gasteiger partial charge in [0, 0.05) is 17.8 Å². The van der Waals surface area contributed by atoms with Crippen LogP contribution in [0.3, 0.4) is 0 Å². The molecule has 0 aromatic heterocycles. The van der Waals surface area contributed by atoms with Crippen molar-refractivity contribution in [3.8, 4) is 0 Å². The van der Waals surface area contributed by atoms with Crippen molar-refractivity contribution in [3.05, 3.63) is 70.3 Å². The van der Waals surface area contributed by atoms with Crippen LogP contribution in [0.15, 0.2) is 54.6 Å². The first-order valence-corrected chi connectivity index (χ1v) is 6.64. The number of nitrogens with one attached hydrogen (secondary N) is 1. The summed E-state index contributed by atoms with van der Waals surface area (Å²) >= 11 is 0. The van der Waals surface area contributed by atoms with Gasteiger partial charge in [-0.15, -0.1) is 0 Å². The highest BCUT2D eigenvalue weighted by molar-refractivity contribution is 5.50. The largest absolute Gasteiger partial charge is 0.378 e. The Morgan fingerprint density at radius 3 is 2.10 bits per heavy atom. The summed E-state index contributed by atoms with van der Waals surface area (Å²) < 4.78 is 0. The maximum atomic E-state index is 10.6. The number of hydrogen-bond acceptors (Lipinski definition) is 3. The van der Waals surface area contributed by atoms with Crippen LogP contribution in [0, 0.1) is 16.0 Å². The second-order valence-corrected chi connectivity index (χ2v) is 5.08. The summed E-state index contributed by atoms with van der Waals surface area (Å²) in [5.74, 6) is 0.410. The molecule has 0 radical (unpaired) electrons. The van der Waals surface area contributed by atoms with Crippen molar-refractivity contribution < 1.29 is 4.92 Å². The van der Waals surface area contributed by atoms with E-state index in [2.05, 4.69) is 31.3 Å². The molecule has 0 spiro atoms. The highest BCUT2D eigenvalue weighted by Crippen LogP contribution is 2.27. The molecule has 0 aliphatic heterocycles. The van der Waals surface area contributed by atoms with Gasteiger partial charge in [-0.05, 0) is 23.6 Å². The molecule has 0 saturated heterocycles. The molecule has 0 heterocycles. The summed E-state index contributed by atoms with van der Waals surface area (Å²) in [6, 6.07) is 16.9. The van der Waals surface area contributed by atoms with Crippen molar-refractivity contribution in [3.63, 3.8) is 0 Å². The fraction of sp³-hybridized carbons (Fsp3) is 0.250. The van der Waals surface area contributed by atoms with E-state index in [1.807, 2.05) is 18.2 Å². The van der Waals surface area contributed by atoms with E-state index >= 15 is 0 Å². The van der Waals surface area contributed by atoms with E-state index in [0.717, 1.165) is 5.69 Å². The molecule has 104 valence electrons. The number of non-ortho nitro benzene ring substituents is 1. The number of nitrogens with zero attached hydrogens (tertiary/aromatic N) is 1. The molecule has 0 saturated carbocycles. The van der Waals surface area contributed by atoms with Crippen LogP contribution in [-0.4, -0.2) is 4.92 Å². The summed E-state index contributed by atoms with van der Waals surface area (Å²) in [6.07, 6.45) is 0. The fourth-order valence-electron chi connectivity index (χ4n) is 2.15. The molecule has 2 aromatic rings. The second kappa shape index (κ2) is 6.19. The Bertz CT molecular complexity index is 565. The fourth-order valence-corrected chi connectivity index (χ4v) is 2.15. The van der Waals surface area contributed by atoms with Crippen molar-refractivity contribution in [1.29, 1.82) is 0 Å². The molecule has 1 N–H and O–H groups in total. The molecule has 0 amide bonds. The van der Waals surface area contributed by atoms with Gasteiger partial charge in [-0.25, -0.2) is 0 Å². The number of hydrogen-bond donors (Lipinski definition) is 1. The van der Waals surface area contributed by atoms with Crippen LogP contribution in [-0.2, 0) is 0 Å². The minimum absolute atomic E-state index is 0.108. The SMILES string of the molecule is CC(C)C(Nc1ccc([N+](=O)[O-])cc1)c1ccccc1. The summed E-state index contributed by atoms with van der Waals surface area (Å²) in [5, 5.41) is 14.1. The average Bonchev–Trinajstić information content (AvgIpc) is 2.46. The first-order chi connectivity index (χ1) is 9.58. The van der Waals surface area contributed by atoms with Crippen molar-refractivity contribution >= 4 is 11.4 Å². The van der Waals surface area contributed by atoms with Crippen LogP contribution in [0.25, 0.3) is 0 Å². The van der Waals surface area contributed by atoms with Gasteiger partial charge in [-0.3, -0.25) is 10.1 Å². The minimum Gasteiger partial charge on any atom is -0.378 e. The minimum atomic E-state index is -0.388. The lowest BCUT2D eigenvalue weighted by atomic mass is 9.96. The monoisotopic (exact) mass is 270 g/mol. The Balaban J connectivity index is 2.19. The molecule has 2 aromatic carbocycles. The van der Waals surface area contributed by atoms with Crippen molar-refractivity contribution in [1.82, 2.24) is 0 Å². The van der Waals surface area contributed by atoms with E-state index in [9.17, 15) is 10.1 Å². The van der Waals surface area contributed by atoms with E-state index in [4.69, 9.17) is 0 Å². The molecular weight excluding hydrogens is 252 g/mol. The second-order valence-electron chi connectivity index (χ2n) is 5.08. The number of benzene rings is 2. The van der Waals surface area contributed by atoms with E-state index < -0.39 is 0 Å². The molecular formula is C16H18N2O2. The predicted octanol–water partition coefficient (Wildman–Crippen LogP) is 4.40. The number of nitro benzene ring substituents is 1. The van der Waals surface area contributed by atoms with Crippen LogP contribution < -0.4 is 5.32 Å². The van der Waals surface area contributed by atoms with Crippen molar-refractivity contribution in [2.45, 2.75) is 19.9 Å². The molecule has 4 heteroatoms. The maximum Gasteiger partial charge on any atom is 0.269 e. The third-order valence-corrected chi connectivity index (χ3v) is 3.23. The first-order valence-electron chi connectivity index (χ1n) is 6.64. The number of nitro groups is 1. The van der Waals surface area contributed by atoms with E-state index in [-0.39, 0.29) is 16.7 Å². The van der Waals surface area contributed by atoms with Crippen molar-refractivity contribution in [2.75, 3.05) is 5.32 Å². The van der Waals surface area contributed by atoms with Gasteiger partial charge in [0.05, 0.1) is 11.0 Å². The third kappa shape index (κ3) is 3.35.